The third-order valence-corrected chi connectivity index (χ3v) is 4.77. The predicted octanol–water partition coefficient (Wildman–Crippen LogP) is 6.69. The van der Waals surface area contributed by atoms with Crippen LogP contribution in [-0.2, 0) is 0 Å². The van der Waals surface area contributed by atoms with Crippen LogP contribution < -0.4 is 4.74 Å². The molecule has 0 N–H and O–H groups in total. The van der Waals surface area contributed by atoms with Crippen LogP contribution in [0.4, 0.5) is 0 Å². The molecule has 2 rings (SSSR count). The topological polar surface area (TPSA) is 48.2 Å². The Morgan fingerprint density at radius 2 is 1.81 bits per heavy atom. The number of unbranched alkanes of at least 4 members (excludes halogenated alkanes) is 5. The smallest absolute Gasteiger partial charge is 0.229 e. The van der Waals surface area contributed by atoms with Crippen LogP contribution in [0.5, 0.6) is 5.75 Å². The zero-order chi connectivity index (χ0) is 18.8. The van der Waals surface area contributed by atoms with Gasteiger partial charge in [-0.25, -0.2) is 0 Å². The molecule has 0 saturated carbocycles. The molecule has 0 aliphatic heterocycles. The molecule has 0 saturated heterocycles. The normalized spacial score (nSPS) is 12.3. The van der Waals surface area contributed by atoms with E-state index in [9.17, 15) is 0 Å². The fraction of sp³-hybridized carbons (Fsp3) is 0.636. The predicted molar refractivity (Wildman–Crippen MR) is 107 cm³/mol. The highest BCUT2D eigenvalue weighted by Crippen LogP contribution is 2.27. The summed E-state index contributed by atoms with van der Waals surface area (Å²) >= 11 is 0. The van der Waals surface area contributed by atoms with E-state index in [4.69, 9.17) is 9.26 Å². The van der Waals surface area contributed by atoms with Crippen LogP contribution in [0, 0.1) is 6.92 Å². The van der Waals surface area contributed by atoms with E-state index < -0.39 is 0 Å². The molecule has 26 heavy (non-hydrogen) atoms. The van der Waals surface area contributed by atoms with Crippen LogP contribution in [0.3, 0.4) is 0 Å². The van der Waals surface area contributed by atoms with Crippen LogP contribution in [0.2, 0.25) is 0 Å². The quantitative estimate of drug-likeness (QED) is 0.397. The number of aromatic nitrogens is 2. The van der Waals surface area contributed by atoms with Crippen molar-refractivity contribution in [3.05, 3.63) is 29.7 Å². The average molecular weight is 359 g/mol. The van der Waals surface area contributed by atoms with Gasteiger partial charge in [-0.05, 0) is 43.5 Å². The van der Waals surface area contributed by atoms with E-state index in [1.165, 1.54) is 32.1 Å². The van der Waals surface area contributed by atoms with E-state index >= 15 is 0 Å². The standard InChI is InChI=1S/C22H34N2O2/c1-5-7-8-9-10-11-15-25-20-14-13-19(16-18(20)4)21-23-22(26-24-21)17(3)12-6-2/h13-14,16-17H,5-12,15H2,1-4H3/t17-/m0/s1. The zero-order valence-electron chi connectivity index (χ0n) is 16.9. The summed E-state index contributed by atoms with van der Waals surface area (Å²) in [5.41, 5.74) is 2.09. The fourth-order valence-corrected chi connectivity index (χ4v) is 3.12. The first kappa shape index (κ1) is 20.5. The molecule has 0 fully saturated rings. The largest absolute Gasteiger partial charge is 0.493 e. The minimum atomic E-state index is 0.308. The molecule has 0 spiro atoms. The lowest BCUT2D eigenvalue weighted by Gasteiger charge is -2.10. The Hall–Kier alpha value is -1.84. The number of ether oxygens (including phenoxy) is 1. The van der Waals surface area contributed by atoms with Gasteiger partial charge in [-0.1, -0.05) is 64.5 Å². The van der Waals surface area contributed by atoms with Gasteiger partial charge in [-0.3, -0.25) is 0 Å². The van der Waals surface area contributed by atoms with E-state index in [1.807, 2.05) is 12.1 Å². The van der Waals surface area contributed by atoms with Gasteiger partial charge in [-0.15, -0.1) is 0 Å². The summed E-state index contributed by atoms with van der Waals surface area (Å²) in [4.78, 5) is 4.56. The van der Waals surface area contributed by atoms with E-state index in [2.05, 4.69) is 43.9 Å². The molecule has 1 aromatic carbocycles. The van der Waals surface area contributed by atoms with Crippen molar-refractivity contribution in [3.8, 4) is 17.1 Å². The van der Waals surface area contributed by atoms with E-state index in [1.54, 1.807) is 0 Å². The van der Waals surface area contributed by atoms with E-state index in [-0.39, 0.29) is 0 Å². The second-order valence-electron chi connectivity index (χ2n) is 7.24. The maximum Gasteiger partial charge on any atom is 0.229 e. The van der Waals surface area contributed by atoms with E-state index in [0.717, 1.165) is 48.6 Å². The van der Waals surface area contributed by atoms with Crippen molar-refractivity contribution in [2.45, 2.75) is 85.0 Å². The maximum absolute atomic E-state index is 5.95. The van der Waals surface area contributed by atoms with Gasteiger partial charge in [0.1, 0.15) is 5.75 Å². The Morgan fingerprint density at radius 1 is 1.04 bits per heavy atom. The monoisotopic (exact) mass is 358 g/mol. The maximum atomic E-state index is 5.95. The molecule has 144 valence electrons. The van der Waals surface area contributed by atoms with Gasteiger partial charge < -0.3 is 9.26 Å². The average Bonchev–Trinajstić information content (AvgIpc) is 3.12. The molecule has 0 amide bonds. The summed E-state index contributed by atoms with van der Waals surface area (Å²) < 4.78 is 11.4. The van der Waals surface area contributed by atoms with Gasteiger partial charge in [0.05, 0.1) is 6.61 Å². The van der Waals surface area contributed by atoms with Crippen LogP contribution in [0.15, 0.2) is 22.7 Å². The van der Waals surface area contributed by atoms with Gasteiger partial charge in [0.25, 0.3) is 0 Å². The summed E-state index contributed by atoms with van der Waals surface area (Å²) in [5.74, 6) is 2.64. The first-order valence-corrected chi connectivity index (χ1v) is 10.2. The number of nitrogens with zero attached hydrogens (tertiary/aromatic N) is 2. The van der Waals surface area contributed by atoms with E-state index in [0.29, 0.717) is 11.7 Å². The van der Waals surface area contributed by atoms with Gasteiger partial charge >= 0.3 is 0 Å². The van der Waals surface area contributed by atoms with Gasteiger partial charge in [0, 0.05) is 11.5 Å². The number of rotatable bonds is 12. The van der Waals surface area contributed by atoms with Gasteiger partial charge in [0.2, 0.25) is 11.7 Å². The highest BCUT2D eigenvalue weighted by molar-refractivity contribution is 5.58. The highest BCUT2D eigenvalue weighted by Gasteiger charge is 2.15. The van der Waals surface area contributed by atoms with Crippen molar-refractivity contribution in [2.24, 2.45) is 0 Å². The van der Waals surface area contributed by atoms with Crippen molar-refractivity contribution in [2.75, 3.05) is 6.61 Å². The Labute approximate surface area is 158 Å². The number of hydrogen-bond donors (Lipinski definition) is 0. The molecular weight excluding hydrogens is 324 g/mol. The molecule has 1 atom stereocenters. The Kier molecular flexibility index (Phi) is 8.66. The molecule has 4 nitrogen and oxygen atoms in total. The number of benzene rings is 1. The summed E-state index contributed by atoms with van der Waals surface area (Å²) in [6, 6.07) is 6.12. The molecule has 4 heteroatoms. The van der Waals surface area contributed by atoms with Crippen molar-refractivity contribution >= 4 is 0 Å². The molecule has 2 aromatic rings. The third kappa shape index (κ3) is 6.15. The molecule has 0 radical (unpaired) electrons. The van der Waals surface area contributed by atoms with Crippen LogP contribution in [0.25, 0.3) is 11.4 Å². The molecule has 1 aromatic heterocycles. The first-order chi connectivity index (χ1) is 12.7. The SMILES string of the molecule is CCCCCCCCOc1ccc(-c2noc([C@@H](C)CCC)n2)cc1C. The second-order valence-corrected chi connectivity index (χ2v) is 7.24. The Balaban J connectivity index is 1.87. The lowest BCUT2D eigenvalue weighted by atomic mass is 10.1. The molecule has 0 aliphatic carbocycles. The first-order valence-electron chi connectivity index (χ1n) is 10.2. The van der Waals surface area contributed by atoms with Crippen molar-refractivity contribution < 1.29 is 9.26 Å². The molecule has 0 unspecified atom stereocenters. The molecular formula is C22H34N2O2. The Morgan fingerprint density at radius 3 is 2.54 bits per heavy atom. The molecule has 0 aliphatic rings. The van der Waals surface area contributed by atoms with Crippen molar-refractivity contribution in [1.82, 2.24) is 10.1 Å². The highest BCUT2D eigenvalue weighted by atomic mass is 16.5. The van der Waals surface area contributed by atoms with Gasteiger partial charge in [-0.2, -0.15) is 4.98 Å². The second kappa shape index (κ2) is 11.0. The summed E-state index contributed by atoms with van der Waals surface area (Å²) in [5, 5.41) is 4.14. The number of hydrogen-bond acceptors (Lipinski definition) is 4. The number of aryl methyl sites for hydroxylation is 1. The molecule has 1 heterocycles. The Bertz CT molecular complexity index is 651. The summed E-state index contributed by atoms with van der Waals surface area (Å²) in [7, 11) is 0. The lowest BCUT2D eigenvalue weighted by molar-refractivity contribution is 0.302. The summed E-state index contributed by atoms with van der Waals surface area (Å²) in [6.07, 6.45) is 9.83. The zero-order valence-corrected chi connectivity index (χ0v) is 16.9. The van der Waals surface area contributed by atoms with Crippen LogP contribution >= 0.6 is 0 Å². The lowest BCUT2D eigenvalue weighted by Crippen LogP contribution is -1.99. The fourth-order valence-electron chi connectivity index (χ4n) is 3.12. The van der Waals surface area contributed by atoms with Gasteiger partial charge in [0.15, 0.2) is 0 Å². The molecule has 0 bridgehead atoms. The van der Waals surface area contributed by atoms with Crippen LogP contribution in [-0.4, -0.2) is 16.7 Å². The van der Waals surface area contributed by atoms with Crippen LogP contribution in [0.1, 0.15) is 89.5 Å². The summed E-state index contributed by atoms with van der Waals surface area (Å²) in [6.45, 7) is 9.40. The minimum Gasteiger partial charge on any atom is -0.493 e. The van der Waals surface area contributed by atoms with Crippen molar-refractivity contribution in [3.63, 3.8) is 0 Å². The minimum absolute atomic E-state index is 0.308. The van der Waals surface area contributed by atoms with Crippen molar-refractivity contribution in [1.29, 1.82) is 0 Å². The third-order valence-electron chi connectivity index (χ3n) is 4.77.